The summed E-state index contributed by atoms with van der Waals surface area (Å²) >= 11 is 5.94. The van der Waals surface area contributed by atoms with Crippen LogP contribution in [0.5, 0.6) is 0 Å². The molecule has 0 amide bonds. The van der Waals surface area contributed by atoms with Crippen LogP contribution in [0.4, 0.5) is 10.1 Å². The number of carbonyl (C=O) groups is 1. The largest absolute Gasteiger partial charge is 0.462 e. The molecule has 0 aliphatic heterocycles. The molecule has 5 nitrogen and oxygen atoms in total. The molecule has 2 aromatic rings. The van der Waals surface area contributed by atoms with Crippen LogP contribution >= 0.6 is 11.6 Å². The van der Waals surface area contributed by atoms with Crippen LogP contribution in [0.2, 0.25) is 5.02 Å². The molecule has 8 heteroatoms. The number of nitrogens with one attached hydrogen (secondary N) is 1. The van der Waals surface area contributed by atoms with Gasteiger partial charge >= 0.3 is 5.97 Å². The standard InChI is InChI=1S/C16H15ClFNO4S/c1-3-23-16(20)13-9-12(5-6-14(13)17)19-24(21,22)15-7-4-11(18)8-10(15)2/h4-9,19H,3H2,1-2H3. The van der Waals surface area contributed by atoms with Crippen molar-refractivity contribution in [1.82, 2.24) is 0 Å². The summed E-state index contributed by atoms with van der Waals surface area (Å²) in [5.74, 6) is -1.18. The number of carbonyl (C=O) groups excluding carboxylic acids is 1. The van der Waals surface area contributed by atoms with Crippen molar-refractivity contribution in [3.63, 3.8) is 0 Å². The molecule has 128 valence electrons. The van der Waals surface area contributed by atoms with Crippen molar-refractivity contribution in [2.24, 2.45) is 0 Å². The second kappa shape index (κ2) is 7.19. The smallest absolute Gasteiger partial charge is 0.339 e. The third-order valence-electron chi connectivity index (χ3n) is 3.14. The van der Waals surface area contributed by atoms with Crippen LogP contribution in [-0.4, -0.2) is 21.0 Å². The first-order valence-corrected chi connectivity index (χ1v) is 8.86. The molecule has 24 heavy (non-hydrogen) atoms. The number of benzene rings is 2. The summed E-state index contributed by atoms with van der Waals surface area (Å²) in [6, 6.07) is 7.46. The van der Waals surface area contributed by atoms with Crippen molar-refractivity contribution in [1.29, 1.82) is 0 Å². The minimum absolute atomic E-state index is 0.0505. The summed E-state index contributed by atoms with van der Waals surface area (Å²) < 4.78 is 45.2. The maximum atomic E-state index is 13.1. The quantitative estimate of drug-likeness (QED) is 0.812. The van der Waals surface area contributed by atoms with Crippen molar-refractivity contribution in [3.8, 4) is 0 Å². The van der Waals surface area contributed by atoms with Gasteiger partial charge in [0.1, 0.15) is 5.82 Å². The molecule has 2 rings (SSSR count). The normalized spacial score (nSPS) is 11.2. The molecule has 0 saturated carbocycles. The Labute approximate surface area is 144 Å². The number of aryl methyl sites for hydroxylation is 1. The third-order valence-corrected chi connectivity index (χ3v) is 5.01. The molecule has 0 fully saturated rings. The van der Waals surface area contributed by atoms with E-state index in [-0.39, 0.29) is 33.3 Å². The summed E-state index contributed by atoms with van der Waals surface area (Å²) in [5, 5.41) is 0.148. The fourth-order valence-electron chi connectivity index (χ4n) is 2.08. The van der Waals surface area contributed by atoms with E-state index >= 15 is 0 Å². The molecule has 0 atom stereocenters. The van der Waals surface area contributed by atoms with Gasteiger partial charge in [0.2, 0.25) is 0 Å². The summed E-state index contributed by atoms with van der Waals surface area (Å²) in [4.78, 5) is 11.8. The van der Waals surface area contributed by atoms with Gasteiger partial charge < -0.3 is 4.74 Å². The van der Waals surface area contributed by atoms with E-state index in [1.807, 2.05) is 0 Å². The predicted octanol–water partition coefficient (Wildman–Crippen LogP) is 3.77. The minimum atomic E-state index is -3.94. The number of halogens is 2. The highest BCUT2D eigenvalue weighted by molar-refractivity contribution is 7.92. The Balaban J connectivity index is 2.36. The zero-order valence-electron chi connectivity index (χ0n) is 13.0. The molecule has 0 spiro atoms. The number of hydrogen-bond donors (Lipinski definition) is 1. The minimum Gasteiger partial charge on any atom is -0.462 e. The number of sulfonamides is 1. The molecule has 0 unspecified atom stereocenters. The Morgan fingerprint density at radius 3 is 2.58 bits per heavy atom. The fourth-order valence-corrected chi connectivity index (χ4v) is 3.55. The molecule has 0 aliphatic rings. The van der Waals surface area contributed by atoms with Crippen LogP contribution in [-0.2, 0) is 14.8 Å². The summed E-state index contributed by atoms with van der Waals surface area (Å²) in [6.07, 6.45) is 0. The van der Waals surface area contributed by atoms with Gasteiger partial charge in [-0.1, -0.05) is 11.6 Å². The van der Waals surface area contributed by atoms with Crippen LogP contribution < -0.4 is 4.72 Å². The molecular formula is C16H15ClFNO4S. The van der Waals surface area contributed by atoms with Gasteiger partial charge in [0, 0.05) is 5.69 Å². The molecular weight excluding hydrogens is 357 g/mol. The first-order chi connectivity index (χ1) is 11.2. The molecule has 0 radical (unpaired) electrons. The number of ether oxygens (including phenoxy) is 1. The Hall–Kier alpha value is -2.12. The number of hydrogen-bond acceptors (Lipinski definition) is 4. The molecule has 0 aromatic heterocycles. The van der Waals surface area contributed by atoms with Gasteiger partial charge in [0.25, 0.3) is 10.0 Å². The van der Waals surface area contributed by atoms with E-state index in [0.717, 1.165) is 12.1 Å². The van der Waals surface area contributed by atoms with Crippen molar-refractivity contribution in [2.45, 2.75) is 18.7 Å². The molecule has 0 heterocycles. The van der Waals surface area contributed by atoms with Crippen LogP contribution in [0.15, 0.2) is 41.3 Å². The summed E-state index contributed by atoms with van der Waals surface area (Å²) in [6.45, 7) is 3.30. The number of anilines is 1. The van der Waals surface area contributed by atoms with Gasteiger partial charge in [-0.2, -0.15) is 0 Å². The molecule has 0 aliphatic carbocycles. The Morgan fingerprint density at radius 2 is 1.96 bits per heavy atom. The fraction of sp³-hybridized carbons (Fsp3) is 0.188. The third kappa shape index (κ3) is 4.04. The molecule has 0 bridgehead atoms. The lowest BCUT2D eigenvalue weighted by Gasteiger charge is -2.12. The van der Waals surface area contributed by atoms with Gasteiger partial charge in [-0.15, -0.1) is 0 Å². The van der Waals surface area contributed by atoms with Crippen molar-refractivity contribution >= 4 is 33.3 Å². The first kappa shape index (κ1) is 18.2. The Kier molecular flexibility index (Phi) is 5.46. The van der Waals surface area contributed by atoms with Crippen LogP contribution in [0, 0.1) is 12.7 Å². The van der Waals surface area contributed by atoms with E-state index < -0.39 is 21.8 Å². The van der Waals surface area contributed by atoms with Gasteiger partial charge in [-0.05, 0) is 55.8 Å². The second-order valence-corrected chi connectivity index (χ2v) is 6.99. The highest BCUT2D eigenvalue weighted by atomic mass is 35.5. The van der Waals surface area contributed by atoms with Crippen LogP contribution in [0.3, 0.4) is 0 Å². The van der Waals surface area contributed by atoms with E-state index in [1.54, 1.807) is 6.92 Å². The Morgan fingerprint density at radius 1 is 1.25 bits per heavy atom. The lowest BCUT2D eigenvalue weighted by Crippen LogP contribution is -2.15. The van der Waals surface area contributed by atoms with E-state index in [1.165, 1.54) is 31.2 Å². The summed E-state index contributed by atoms with van der Waals surface area (Å²) in [5.41, 5.74) is 0.461. The van der Waals surface area contributed by atoms with Gasteiger partial charge in [-0.25, -0.2) is 17.6 Å². The SMILES string of the molecule is CCOC(=O)c1cc(NS(=O)(=O)c2ccc(F)cc2C)ccc1Cl. The van der Waals surface area contributed by atoms with Gasteiger partial charge in [0.05, 0.1) is 22.1 Å². The first-order valence-electron chi connectivity index (χ1n) is 7.00. The lowest BCUT2D eigenvalue weighted by molar-refractivity contribution is 0.0526. The lowest BCUT2D eigenvalue weighted by atomic mass is 10.2. The molecule has 2 aromatic carbocycles. The maximum Gasteiger partial charge on any atom is 0.339 e. The summed E-state index contributed by atoms with van der Waals surface area (Å²) in [7, 11) is -3.94. The van der Waals surface area contributed by atoms with Gasteiger partial charge in [-0.3, -0.25) is 4.72 Å². The number of rotatable bonds is 5. The number of esters is 1. The average Bonchev–Trinajstić information content (AvgIpc) is 2.48. The van der Waals surface area contributed by atoms with Crippen molar-refractivity contribution < 1.29 is 22.3 Å². The topological polar surface area (TPSA) is 72.5 Å². The van der Waals surface area contributed by atoms with Crippen LogP contribution in [0.25, 0.3) is 0 Å². The highest BCUT2D eigenvalue weighted by Gasteiger charge is 2.19. The highest BCUT2D eigenvalue weighted by Crippen LogP contribution is 2.25. The van der Waals surface area contributed by atoms with E-state index in [4.69, 9.17) is 16.3 Å². The molecule has 1 N–H and O–H groups in total. The van der Waals surface area contributed by atoms with Crippen molar-refractivity contribution in [2.75, 3.05) is 11.3 Å². The van der Waals surface area contributed by atoms with E-state index in [0.29, 0.717) is 0 Å². The zero-order valence-corrected chi connectivity index (χ0v) is 14.5. The van der Waals surface area contributed by atoms with Crippen LogP contribution in [0.1, 0.15) is 22.8 Å². The second-order valence-electron chi connectivity index (χ2n) is 4.93. The zero-order chi connectivity index (χ0) is 17.9. The Bertz CT molecular complexity index is 884. The average molecular weight is 372 g/mol. The monoisotopic (exact) mass is 371 g/mol. The maximum absolute atomic E-state index is 13.1. The van der Waals surface area contributed by atoms with E-state index in [9.17, 15) is 17.6 Å². The predicted molar refractivity (Wildman–Crippen MR) is 89.4 cm³/mol. The van der Waals surface area contributed by atoms with E-state index in [2.05, 4.69) is 4.72 Å². The molecule has 0 saturated heterocycles. The van der Waals surface area contributed by atoms with Gasteiger partial charge in [0.15, 0.2) is 0 Å². The van der Waals surface area contributed by atoms with Crippen molar-refractivity contribution in [3.05, 3.63) is 58.4 Å².